The molecule has 1 unspecified atom stereocenters. The fourth-order valence-corrected chi connectivity index (χ4v) is 2.42. The first-order valence-corrected chi connectivity index (χ1v) is 6.79. The Morgan fingerprint density at radius 3 is 2.82 bits per heavy atom. The van der Waals surface area contributed by atoms with Crippen LogP contribution in [0.15, 0.2) is 6.20 Å². The van der Waals surface area contributed by atoms with E-state index in [9.17, 15) is 0 Å². The van der Waals surface area contributed by atoms with Crippen molar-refractivity contribution in [1.29, 1.82) is 0 Å². The quantitative estimate of drug-likeness (QED) is 0.713. The minimum atomic E-state index is 0.666. The summed E-state index contributed by atoms with van der Waals surface area (Å²) in [4.78, 5) is 2.58. The largest absolute Gasteiger partial charge is 0.382 e. The van der Waals surface area contributed by atoms with Gasteiger partial charge in [0.05, 0.1) is 0 Å². The van der Waals surface area contributed by atoms with E-state index in [4.69, 9.17) is 5.73 Å². The molecule has 0 aromatic carbocycles. The van der Waals surface area contributed by atoms with Crippen LogP contribution < -0.4 is 5.73 Å². The van der Waals surface area contributed by atoms with Crippen LogP contribution in [0.2, 0.25) is 0 Å². The van der Waals surface area contributed by atoms with Gasteiger partial charge in [-0.15, -0.1) is 0 Å². The van der Waals surface area contributed by atoms with E-state index in [1.807, 2.05) is 6.20 Å². The van der Waals surface area contributed by atoms with Crippen molar-refractivity contribution in [3.05, 3.63) is 11.8 Å². The Morgan fingerprint density at radius 2 is 2.24 bits per heavy atom. The van der Waals surface area contributed by atoms with E-state index in [1.54, 1.807) is 0 Å². The molecular weight excluding hydrogens is 212 g/mol. The highest BCUT2D eigenvalue weighted by Gasteiger charge is 2.19. The summed E-state index contributed by atoms with van der Waals surface area (Å²) in [5, 5.41) is 6.74. The first-order chi connectivity index (χ1) is 8.27. The number of H-pyrrole nitrogens is 1. The Bertz CT molecular complexity index is 330. The summed E-state index contributed by atoms with van der Waals surface area (Å²) >= 11 is 0. The van der Waals surface area contributed by atoms with Gasteiger partial charge in [-0.1, -0.05) is 12.8 Å². The van der Waals surface area contributed by atoms with E-state index in [-0.39, 0.29) is 0 Å². The predicted molar refractivity (Wildman–Crippen MR) is 70.8 cm³/mol. The summed E-state index contributed by atoms with van der Waals surface area (Å²) in [5.74, 6) is 0.666. The van der Waals surface area contributed by atoms with Gasteiger partial charge < -0.3 is 10.6 Å². The average Bonchev–Trinajstić information content (AvgIpc) is 2.61. The molecule has 2 heterocycles. The van der Waals surface area contributed by atoms with Gasteiger partial charge in [0, 0.05) is 17.8 Å². The van der Waals surface area contributed by atoms with Gasteiger partial charge in [-0.25, -0.2) is 0 Å². The van der Waals surface area contributed by atoms with Crippen LogP contribution in [0.25, 0.3) is 0 Å². The second-order valence-electron chi connectivity index (χ2n) is 5.13. The summed E-state index contributed by atoms with van der Waals surface area (Å²) in [5.41, 5.74) is 6.89. The normalized spacial score (nSPS) is 17.9. The molecule has 4 heteroatoms. The molecule has 1 aliphatic heterocycles. The second kappa shape index (κ2) is 6.05. The Hall–Kier alpha value is -1.03. The molecule has 1 aromatic heterocycles. The zero-order valence-electron chi connectivity index (χ0n) is 10.8. The zero-order valence-corrected chi connectivity index (χ0v) is 10.8. The Kier molecular flexibility index (Phi) is 4.42. The number of likely N-dealkylation sites (tertiary alicyclic amines) is 1. The molecule has 1 saturated heterocycles. The summed E-state index contributed by atoms with van der Waals surface area (Å²) < 4.78 is 0. The van der Waals surface area contributed by atoms with Gasteiger partial charge in [-0.3, -0.25) is 5.10 Å². The van der Waals surface area contributed by atoms with Crippen LogP contribution in [-0.2, 0) is 6.42 Å². The Labute approximate surface area is 104 Å². The van der Waals surface area contributed by atoms with Crippen LogP contribution in [-0.4, -0.2) is 34.2 Å². The van der Waals surface area contributed by atoms with Crippen molar-refractivity contribution in [1.82, 2.24) is 15.1 Å². The number of rotatable bonds is 7. The van der Waals surface area contributed by atoms with Gasteiger partial charge in [0.2, 0.25) is 0 Å². The number of unbranched alkanes of at least 4 members (excludes halogenated alkanes) is 2. The molecule has 1 fully saturated rings. The molecular formula is C13H24N4. The second-order valence-corrected chi connectivity index (χ2v) is 5.13. The van der Waals surface area contributed by atoms with Crippen molar-refractivity contribution < 1.29 is 0 Å². The van der Waals surface area contributed by atoms with Crippen molar-refractivity contribution in [3.8, 4) is 0 Å². The maximum Gasteiger partial charge on any atom is 0.148 e. The fourth-order valence-electron chi connectivity index (χ4n) is 2.42. The molecule has 2 rings (SSSR count). The molecule has 4 nitrogen and oxygen atoms in total. The van der Waals surface area contributed by atoms with E-state index in [2.05, 4.69) is 22.0 Å². The SMILES string of the molecule is CC(CCCCCc1c[nH]nc1N)N1CCC1. The third-order valence-corrected chi connectivity index (χ3v) is 3.83. The Morgan fingerprint density at radius 1 is 1.41 bits per heavy atom. The van der Waals surface area contributed by atoms with Crippen LogP contribution >= 0.6 is 0 Å². The average molecular weight is 236 g/mol. The van der Waals surface area contributed by atoms with Crippen molar-refractivity contribution in [2.75, 3.05) is 18.8 Å². The number of aryl methyl sites for hydroxylation is 1. The van der Waals surface area contributed by atoms with E-state index < -0.39 is 0 Å². The molecule has 0 aliphatic carbocycles. The molecule has 3 N–H and O–H groups in total. The van der Waals surface area contributed by atoms with Crippen LogP contribution in [0.1, 0.15) is 44.6 Å². The van der Waals surface area contributed by atoms with Crippen molar-refractivity contribution in [2.45, 2.75) is 51.5 Å². The van der Waals surface area contributed by atoms with E-state index in [0.717, 1.165) is 12.5 Å². The topological polar surface area (TPSA) is 57.9 Å². The Balaban J connectivity index is 1.53. The lowest BCUT2D eigenvalue weighted by Crippen LogP contribution is -2.43. The summed E-state index contributed by atoms with van der Waals surface area (Å²) in [6.45, 7) is 4.98. The van der Waals surface area contributed by atoms with Crippen LogP contribution in [0, 0.1) is 0 Å². The zero-order chi connectivity index (χ0) is 12.1. The monoisotopic (exact) mass is 236 g/mol. The highest BCUT2D eigenvalue weighted by atomic mass is 15.2. The first-order valence-electron chi connectivity index (χ1n) is 6.79. The van der Waals surface area contributed by atoms with Gasteiger partial charge >= 0.3 is 0 Å². The summed E-state index contributed by atoms with van der Waals surface area (Å²) in [7, 11) is 0. The number of hydrogen-bond acceptors (Lipinski definition) is 3. The van der Waals surface area contributed by atoms with Crippen LogP contribution in [0.3, 0.4) is 0 Å². The third kappa shape index (κ3) is 3.46. The number of aromatic nitrogens is 2. The number of hydrogen-bond donors (Lipinski definition) is 2. The van der Waals surface area contributed by atoms with Crippen molar-refractivity contribution >= 4 is 5.82 Å². The van der Waals surface area contributed by atoms with Gasteiger partial charge in [0.1, 0.15) is 5.82 Å². The number of nitrogen functional groups attached to an aromatic ring is 1. The maximum atomic E-state index is 5.72. The van der Waals surface area contributed by atoms with Gasteiger partial charge in [-0.05, 0) is 45.7 Å². The molecule has 0 bridgehead atoms. The highest BCUT2D eigenvalue weighted by Crippen LogP contribution is 2.17. The molecule has 0 radical (unpaired) electrons. The number of nitrogens with zero attached hydrogens (tertiary/aromatic N) is 2. The standard InChI is InChI=1S/C13H24N4/c1-11(17-8-5-9-17)6-3-2-4-7-12-10-15-16-13(12)14/h10-11H,2-9H2,1H3,(H3,14,15,16). The molecule has 0 spiro atoms. The lowest BCUT2D eigenvalue weighted by Gasteiger charge is -2.36. The number of anilines is 1. The van der Waals surface area contributed by atoms with E-state index >= 15 is 0 Å². The fraction of sp³-hybridized carbons (Fsp3) is 0.769. The molecule has 1 atom stereocenters. The van der Waals surface area contributed by atoms with Gasteiger partial charge in [0.25, 0.3) is 0 Å². The molecule has 1 aliphatic rings. The minimum Gasteiger partial charge on any atom is -0.382 e. The lowest BCUT2D eigenvalue weighted by molar-refractivity contribution is 0.120. The maximum absolute atomic E-state index is 5.72. The van der Waals surface area contributed by atoms with Crippen LogP contribution in [0.4, 0.5) is 5.82 Å². The van der Waals surface area contributed by atoms with Crippen molar-refractivity contribution in [2.24, 2.45) is 0 Å². The van der Waals surface area contributed by atoms with E-state index in [1.165, 1.54) is 50.8 Å². The molecule has 0 amide bonds. The number of nitrogens with one attached hydrogen (secondary N) is 1. The van der Waals surface area contributed by atoms with Gasteiger partial charge in [0.15, 0.2) is 0 Å². The highest BCUT2D eigenvalue weighted by molar-refractivity contribution is 5.36. The number of aromatic amines is 1. The summed E-state index contributed by atoms with van der Waals surface area (Å²) in [6, 6.07) is 0.780. The van der Waals surface area contributed by atoms with Gasteiger partial charge in [-0.2, -0.15) is 5.10 Å². The van der Waals surface area contributed by atoms with Crippen LogP contribution in [0.5, 0.6) is 0 Å². The number of nitrogens with two attached hydrogens (primary N) is 1. The summed E-state index contributed by atoms with van der Waals surface area (Å²) in [6.07, 6.45) is 9.54. The molecule has 0 saturated carbocycles. The first kappa shape index (κ1) is 12.4. The molecule has 1 aromatic rings. The minimum absolute atomic E-state index is 0.666. The molecule has 17 heavy (non-hydrogen) atoms. The third-order valence-electron chi connectivity index (χ3n) is 3.83. The lowest BCUT2D eigenvalue weighted by atomic mass is 10.0. The van der Waals surface area contributed by atoms with Crippen molar-refractivity contribution in [3.63, 3.8) is 0 Å². The van der Waals surface area contributed by atoms with E-state index in [0.29, 0.717) is 5.82 Å². The molecule has 96 valence electrons. The predicted octanol–water partition coefficient (Wildman–Crippen LogP) is 2.19. The smallest absolute Gasteiger partial charge is 0.148 e.